The maximum absolute atomic E-state index is 15.3. The van der Waals surface area contributed by atoms with Crippen LogP contribution in [0.5, 0.6) is 0 Å². The summed E-state index contributed by atoms with van der Waals surface area (Å²) in [5.41, 5.74) is 1.27. The average Bonchev–Trinajstić information content (AvgIpc) is 3.16. The third-order valence-corrected chi connectivity index (χ3v) is 5.19. The SMILES string of the molecule is Cc1ccnc(C#Cc2cn([C@@H]3O[C@H](CO)[C@@H](O)[C@@]3(C)F)c3ncnc(C)c23)c1. The van der Waals surface area contributed by atoms with Crippen LogP contribution in [0, 0.1) is 25.7 Å². The Balaban J connectivity index is 1.85. The van der Waals surface area contributed by atoms with Gasteiger partial charge in [-0.1, -0.05) is 5.92 Å². The highest BCUT2D eigenvalue weighted by atomic mass is 19.1. The molecule has 0 saturated carbocycles. The molecule has 4 heterocycles. The van der Waals surface area contributed by atoms with E-state index in [0.717, 1.165) is 5.56 Å². The van der Waals surface area contributed by atoms with Gasteiger partial charge in [-0.2, -0.15) is 0 Å². The number of fused-ring (bicyclic) bond motifs is 1. The Morgan fingerprint density at radius 3 is 2.76 bits per heavy atom. The monoisotopic (exact) mass is 396 g/mol. The number of ether oxygens (including phenoxy) is 1. The average molecular weight is 396 g/mol. The highest BCUT2D eigenvalue weighted by molar-refractivity contribution is 5.86. The molecule has 29 heavy (non-hydrogen) atoms. The number of nitrogens with zero attached hydrogens (tertiary/aromatic N) is 4. The van der Waals surface area contributed by atoms with Crippen molar-refractivity contribution < 1.29 is 19.3 Å². The molecular formula is C21H21FN4O3. The van der Waals surface area contributed by atoms with Gasteiger partial charge in [0.2, 0.25) is 0 Å². The molecule has 2 N–H and O–H groups in total. The Bertz CT molecular complexity index is 1130. The fourth-order valence-electron chi connectivity index (χ4n) is 3.61. The number of rotatable bonds is 2. The second-order valence-corrected chi connectivity index (χ2v) is 7.38. The number of aliphatic hydroxyl groups is 2. The number of alkyl halides is 1. The van der Waals surface area contributed by atoms with Gasteiger partial charge in [0.1, 0.15) is 29.9 Å². The van der Waals surface area contributed by atoms with Crippen LogP contribution in [0.15, 0.2) is 30.9 Å². The number of aliphatic hydroxyl groups excluding tert-OH is 2. The van der Waals surface area contributed by atoms with Gasteiger partial charge in [-0.3, -0.25) is 0 Å². The van der Waals surface area contributed by atoms with Crippen molar-refractivity contribution in [2.24, 2.45) is 0 Å². The molecule has 0 spiro atoms. The lowest BCUT2D eigenvalue weighted by atomic mass is 9.98. The first kappa shape index (κ1) is 19.5. The second-order valence-electron chi connectivity index (χ2n) is 7.38. The van der Waals surface area contributed by atoms with Crippen molar-refractivity contribution >= 4 is 11.0 Å². The zero-order chi connectivity index (χ0) is 20.8. The smallest absolute Gasteiger partial charge is 0.181 e. The molecule has 4 atom stereocenters. The fraction of sp³-hybridized carbons (Fsp3) is 0.381. The van der Waals surface area contributed by atoms with Crippen LogP contribution >= 0.6 is 0 Å². The van der Waals surface area contributed by atoms with E-state index in [1.165, 1.54) is 17.8 Å². The second kappa shape index (κ2) is 7.19. The first-order valence-corrected chi connectivity index (χ1v) is 9.23. The minimum Gasteiger partial charge on any atom is -0.394 e. The molecule has 0 amide bonds. The van der Waals surface area contributed by atoms with Crippen LogP contribution in [-0.2, 0) is 4.74 Å². The molecular weight excluding hydrogens is 375 g/mol. The molecule has 150 valence electrons. The quantitative estimate of drug-likeness (QED) is 0.642. The Hall–Kier alpha value is -2.86. The van der Waals surface area contributed by atoms with Gasteiger partial charge in [-0.05, 0) is 44.4 Å². The Morgan fingerprint density at radius 1 is 1.28 bits per heavy atom. The summed E-state index contributed by atoms with van der Waals surface area (Å²) in [5, 5.41) is 20.3. The highest BCUT2D eigenvalue weighted by Crippen LogP contribution is 2.43. The molecule has 0 aromatic carbocycles. The summed E-state index contributed by atoms with van der Waals surface area (Å²) >= 11 is 0. The number of hydrogen-bond acceptors (Lipinski definition) is 6. The summed E-state index contributed by atoms with van der Waals surface area (Å²) in [7, 11) is 0. The summed E-state index contributed by atoms with van der Waals surface area (Å²) in [6.07, 6.45) is 1.06. The molecule has 7 nitrogen and oxygen atoms in total. The number of halogens is 1. The van der Waals surface area contributed by atoms with Crippen LogP contribution in [0.2, 0.25) is 0 Å². The largest absolute Gasteiger partial charge is 0.394 e. The Labute approximate surface area is 167 Å². The van der Waals surface area contributed by atoms with Gasteiger partial charge in [-0.15, -0.1) is 0 Å². The van der Waals surface area contributed by atoms with Crippen LogP contribution in [0.3, 0.4) is 0 Å². The molecule has 4 rings (SSSR count). The Kier molecular flexibility index (Phi) is 4.82. The van der Waals surface area contributed by atoms with Gasteiger partial charge < -0.3 is 19.5 Å². The minimum atomic E-state index is -2.12. The first-order valence-electron chi connectivity index (χ1n) is 9.23. The third kappa shape index (κ3) is 3.27. The van der Waals surface area contributed by atoms with E-state index in [2.05, 4.69) is 26.8 Å². The molecule has 0 bridgehead atoms. The summed E-state index contributed by atoms with van der Waals surface area (Å²) in [6, 6.07) is 3.76. The van der Waals surface area contributed by atoms with E-state index in [0.29, 0.717) is 28.0 Å². The van der Waals surface area contributed by atoms with Gasteiger partial charge >= 0.3 is 0 Å². The lowest BCUT2D eigenvalue weighted by Gasteiger charge is -2.25. The van der Waals surface area contributed by atoms with E-state index in [1.54, 1.807) is 12.4 Å². The molecule has 8 heteroatoms. The molecule has 1 saturated heterocycles. The lowest BCUT2D eigenvalue weighted by Crippen LogP contribution is -2.40. The van der Waals surface area contributed by atoms with Gasteiger partial charge in [0.15, 0.2) is 11.9 Å². The van der Waals surface area contributed by atoms with Crippen LogP contribution in [0.25, 0.3) is 11.0 Å². The normalized spacial score (nSPS) is 26.5. The van der Waals surface area contributed by atoms with E-state index in [9.17, 15) is 10.2 Å². The molecule has 1 aliphatic heterocycles. The molecule has 1 fully saturated rings. The van der Waals surface area contributed by atoms with Crippen molar-refractivity contribution in [1.82, 2.24) is 19.5 Å². The van der Waals surface area contributed by atoms with Crippen LogP contribution in [0.4, 0.5) is 4.39 Å². The summed E-state index contributed by atoms with van der Waals surface area (Å²) in [6.45, 7) is 4.54. The van der Waals surface area contributed by atoms with Crippen molar-refractivity contribution in [1.29, 1.82) is 0 Å². The van der Waals surface area contributed by atoms with Gasteiger partial charge in [0, 0.05) is 12.4 Å². The molecule has 3 aromatic rings. The maximum atomic E-state index is 15.3. The maximum Gasteiger partial charge on any atom is 0.181 e. The topological polar surface area (TPSA) is 93.3 Å². The van der Waals surface area contributed by atoms with Crippen molar-refractivity contribution in [3.8, 4) is 11.8 Å². The lowest BCUT2D eigenvalue weighted by molar-refractivity contribution is -0.0564. The predicted octanol–water partition coefficient (Wildman–Crippen LogP) is 1.82. The summed E-state index contributed by atoms with van der Waals surface area (Å²) in [4.78, 5) is 12.8. The van der Waals surface area contributed by atoms with Crippen molar-refractivity contribution in [3.05, 3.63) is 53.4 Å². The molecule has 0 unspecified atom stereocenters. The van der Waals surface area contributed by atoms with Gasteiger partial charge in [-0.25, -0.2) is 19.3 Å². The van der Waals surface area contributed by atoms with Crippen LogP contribution in [0.1, 0.15) is 35.7 Å². The fourth-order valence-corrected chi connectivity index (χ4v) is 3.61. The van der Waals surface area contributed by atoms with Gasteiger partial charge in [0.05, 0.1) is 23.3 Å². The van der Waals surface area contributed by atoms with E-state index in [-0.39, 0.29) is 0 Å². The van der Waals surface area contributed by atoms with Crippen molar-refractivity contribution in [3.63, 3.8) is 0 Å². The number of pyridine rings is 1. The molecule has 0 radical (unpaired) electrons. The van der Waals surface area contributed by atoms with Gasteiger partial charge in [0.25, 0.3) is 0 Å². The van der Waals surface area contributed by atoms with E-state index < -0.39 is 30.7 Å². The standard InChI is InChI=1S/C21H21FN4O3/c1-12-6-7-23-15(8-12)5-4-14-9-26(19-17(14)13(2)24-11-25-19)20-21(3,22)18(28)16(10-27)29-20/h6-9,11,16,18,20,27-28H,10H2,1-3H3/t16-,18-,20-,21-/m1/s1. The number of aromatic nitrogens is 4. The van der Waals surface area contributed by atoms with E-state index in [1.807, 2.05) is 26.0 Å². The third-order valence-electron chi connectivity index (χ3n) is 5.19. The molecule has 3 aromatic heterocycles. The highest BCUT2D eigenvalue weighted by Gasteiger charge is 2.55. The number of hydrogen-bond donors (Lipinski definition) is 2. The van der Waals surface area contributed by atoms with Crippen molar-refractivity contribution in [2.75, 3.05) is 6.61 Å². The molecule has 0 aliphatic carbocycles. The van der Waals surface area contributed by atoms with Crippen LogP contribution < -0.4 is 0 Å². The van der Waals surface area contributed by atoms with Crippen LogP contribution in [-0.4, -0.2) is 54.2 Å². The zero-order valence-corrected chi connectivity index (χ0v) is 16.3. The zero-order valence-electron chi connectivity index (χ0n) is 16.3. The summed E-state index contributed by atoms with van der Waals surface area (Å²) in [5.74, 6) is 6.10. The number of aryl methyl sites for hydroxylation is 2. The van der Waals surface area contributed by atoms with E-state index >= 15 is 4.39 Å². The van der Waals surface area contributed by atoms with Crippen molar-refractivity contribution in [2.45, 2.75) is 44.9 Å². The first-order chi connectivity index (χ1) is 13.8. The summed E-state index contributed by atoms with van der Waals surface area (Å²) < 4.78 is 22.5. The van der Waals surface area contributed by atoms with E-state index in [4.69, 9.17) is 4.74 Å². The molecule has 1 aliphatic rings. The minimum absolute atomic E-state index is 0.443. The Morgan fingerprint density at radius 2 is 2.07 bits per heavy atom. The predicted molar refractivity (Wildman–Crippen MR) is 104 cm³/mol.